The molecule has 3 aliphatic rings. The van der Waals surface area contributed by atoms with Gasteiger partial charge in [0.25, 0.3) is 0 Å². The van der Waals surface area contributed by atoms with Crippen molar-refractivity contribution in [2.75, 3.05) is 25.5 Å². The topological polar surface area (TPSA) is 111 Å². The first-order chi connectivity index (χ1) is 17.9. The Morgan fingerprint density at radius 1 is 1.16 bits per heavy atom. The van der Waals surface area contributed by atoms with E-state index in [9.17, 15) is 8.42 Å². The summed E-state index contributed by atoms with van der Waals surface area (Å²) in [6.45, 7) is 3.56. The van der Waals surface area contributed by atoms with Gasteiger partial charge in [-0.25, -0.2) is 13.4 Å². The maximum Gasteiger partial charge on any atom is 0.243 e. The Kier molecular flexibility index (Phi) is 5.96. The van der Waals surface area contributed by atoms with Crippen LogP contribution in [0.25, 0.3) is 5.65 Å². The van der Waals surface area contributed by atoms with Gasteiger partial charge in [-0.1, -0.05) is 0 Å². The van der Waals surface area contributed by atoms with E-state index in [1.165, 1.54) is 7.11 Å². The summed E-state index contributed by atoms with van der Waals surface area (Å²) in [6.07, 6.45) is 6.94. The van der Waals surface area contributed by atoms with Crippen LogP contribution in [0.5, 0.6) is 11.5 Å². The zero-order valence-corrected chi connectivity index (χ0v) is 21.5. The number of methoxy groups -OCH3 is 1. The van der Waals surface area contributed by atoms with Gasteiger partial charge in [0, 0.05) is 55.6 Å². The standard InChI is InChI=1S/C26H28N6O4S/c1-17-12-29-32-25-11-22(30-26(17)32)18-4-3-9-31(15-18)37(33,34)21-5-6-23(24(10-21)35-2)36-16-19-7-8-27-13-20(19)14-28-25/h5-8,10-13,18,28H,3-4,9,14-16H2,1-2H3. The molecule has 1 saturated heterocycles. The molecule has 1 N–H and O–H groups in total. The van der Waals surface area contributed by atoms with E-state index in [-0.39, 0.29) is 17.4 Å². The molecule has 1 fully saturated rings. The van der Waals surface area contributed by atoms with Gasteiger partial charge in [0.15, 0.2) is 17.1 Å². The highest BCUT2D eigenvalue weighted by Crippen LogP contribution is 2.35. The molecule has 0 radical (unpaired) electrons. The van der Waals surface area contributed by atoms with E-state index < -0.39 is 10.0 Å². The van der Waals surface area contributed by atoms with Gasteiger partial charge >= 0.3 is 0 Å². The van der Waals surface area contributed by atoms with Gasteiger partial charge in [0.1, 0.15) is 12.4 Å². The summed E-state index contributed by atoms with van der Waals surface area (Å²) >= 11 is 0. The van der Waals surface area contributed by atoms with Crippen LogP contribution in [0.2, 0.25) is 0 Å². The van der Waals surface area contributed by atoms with Crippen molar-refractivity contribution in [1.82, 2.24) is 23.9 Å². The van der Waals surface area contributed by atoms with E-state index in [0.717, 1.165) is 46.7 Å². The molecule has 37 heavy (non-hydrogen) atoms. The fraction of sp³-hybridized carbons (Fsp3) is 0.346. The SMILES string of the molecule is COc1cc2ccc1OCc1ccncc1CNc1cc(nc3c(C)cnn13)C1CCCN(C1)S2(=O)=O. The van der Waals surface area contributed by atoms with Crippen LogP contribution in [0.1, 0.15) is 41.1 Å². The Morgan fingerprint density at radius 2 is 2.05 bits per heavy atom. The third-order valence-electron chi connectivity index (χ3n) is 7.09. The third-order valence-corrected chi connectivity index (χ3v) is 8.95. The van der Waals surface area contributed by atoms with Crippen molar-refractivity contribution in [3.63, 3.8) is 0 Å². The molecule has 7 rings (SSSR count). The van der Waals surface area contributed by atoms with Gasteiger partial charge in [-0.3, -0.25) is 4.98 Å². The van der Waals surface area contributed by atoms with Crippen LogP contribution in [-0.4, -0.2) is 52.5 Å². The Labute approximate surface area is 215 Å². The molecule has 0 aliphatic carbocycles. The Bertz CT molecular complexity index is 1590. The molecule has 0 spiro atoms. The number of sulfonamides is 1. The fourth-order valence-electron chi connectivity index (χ4n) is 5.00. The van der Waals surface area contributed by atoms with Crippen molar-refractivity contribution < 1.29 is 17.9 Å². The lowest BCUT2D eigenvalue weighted by Crippen LogP contribution is -2.39. The monoisotopic (exact) mass is 520 g/mol. The normalized spacial score (nSPS) is 20.9. The van der Waals surface area contributed by atoms with Crippen LogP contribution < -0.4 is 14.8 Å². The molecule has 192 valence electrons. The number of hydrogen-bond donors (Lipinski definition) is 1. The number of benzene rings is 1. The van der Waals surface area contributed by atoms with Gasteiger partial charge in [-0.05, 0) is 49.1 Å². The largest absolute Gasteiger partial charge is 0.493 e. The number of pyridine rings is 1. The number of piperidine rings is 1. The first-order valence-electron chi connectivity index (χ1n) is 12.3. The second-order valence-electron chi connectivity index (χ2n) is 9.43. The predicted octanol–water partition coefficient (Wildman–Crippen LogP) is 3.51. The molecule has 2 unspecified atom stereocenters. The zero-order chi connectivity index (χ0) is 25.6. The van der Waals surface area contributed by atoms with Gasteiger partial charge in [0.05, 0.1) is 23.9 Å². The molecule has 3 aliphatic heterocycles. The van der Waals surface area contributed by atoms with Gasteiger partial charge < -0.3 is 14.8 Å². The minimum atomic E-state index is -3.74. The maximum absolute atomic E-state index is 13.7. The summed E-state index contributed by atoms with van der Waals surface area (Å²) < 4.78 is 42.3. The van der Waals surface area contributed by atoms with E-state index in [0.29, 0.717) is 31.1 Å². The van der Waals surface area contributed by atoms with Crippen molar-refractivity contribution in [3.8, 4) is 11.5 Å². The Morgan fingerprint density at radius 3 is 2.92 bits per heavy atom. The molecular formula is C26H28N6O4S. The molecule has 0 amide bonds. The van der Waals surface area contributed by atoms with Crippen molar-refractivity contribution >= 4 is 21.5 Å². The smallest absolute Gasteiger partial charge is 0.243 e. The first kappa shape index (κ1) is 23.7. The number of aryl methyl sites for hydroxylation is 1. The Hall–Kier alpha value is -3.70. The predicted molar refractivity (Wildman–Crippen MR) is 137 cm³/mol. The summed E-state index contributed by atoms with van der Waals surface area (Å²) in [5.41, 5.74) is 4.50. The second kappa shape index (κ2) is 9.31. The zero-order valence-electron chi connectivity index (χ0n) is 20.7. The molecule has 6 heterocycles. The second-order valence-corrected chi connectivity index (χ2v) is 11.4. The molecule has 4 aromatic rings. The van der Waals surface area contributed by atoms with Crippen LogP contribution in [0, 0.1) is 6.92 Å². The maximum atomic E-state index is 13.7. The molecule has 3 aromatic heterocycles. The van der Waals surface area contributed by atoms with E-state index in [1.807, 2.05) is 25.3 Å². The number of fused-ring (bicyclic) bond motifs is 5. The number of nitrogens with zero attached hydrogens (tertiary/aromatic N) is 5. The highest BCUT2D eigenvalue weighted by molar-refractivity contribution is 7.89. The van der Waals surface area contributed by atoms with Crippen LogP contribution in [0.15, 0.2) is 53.8 Å². The highest BCUT2D eigenvalue weighted by Gasteiger charge is 2.33. The molecule has 1 aromatic carbocycles. The van der Waals surface area contributed by atoms with Crippen molar-refractivity contribution in [2.45, 2.75) is 43.7 Å². The summed E-state index contributed by atoms with van der Waals surface area (Å²) in [5, 5.41) is 8.03. The number of ether oxygens (including phenoxy) is 2. The van der Waals surface area contributed by atoms with E-state index >= 15 is 0 Å². The fourth-order valence-corrected chi connectivity index (χ4v) is 6.54. The first-order valence-corrected chi connectivity index (χ1v) is 13.7. The molecule has 10 nitrogen and oxygen atoms in total. The summed E-state index contributed by atoms with van der Waals surface area (Å²) in [7, 11) is -2.23. The van der Waals surface area contributed by atoms with Crippen LogP contribution >= 0.6 is 0 Å². The number of hydrogen-bond acceptors (Lipinski definition) is 8. The summed E-state index contributed by atoms with van der Waals surface area (Å²) in [6, 6.07) is 8.69. The van der Waals surface area contributed by atoms with Crippen LogP contribution in [0.4, 0.5) is 5.82 Å². The molecule has 0 saturated carbocycles. The van der Waals surface area contributed by atoms with Gasteiger partial charge in [-0.15, -0.1) is 0 Å². The lowest BCUT2D eigenvalue weighted by molar-refractivity contribution is 0.282. The number of aromatic nitrogens is 4. The minimum Gasteiger partial charge on any atom is -0.493 e. The van der Waals surface area contributed by atoms with Gasteiger partial charge in [0.2, 0.25) is 10.0 Å². The van der Waals surface area contributed by atoms with Crippen LogP contribution in [-0.2, 0) is 23.2 Å². The average molecular weight is 521 g/mol. The highest BCUT2D eigenvalue weighted by atomic mass is 32.2. The van der Waals surface area contributed by atoms with E-state index in [4.69, 9.17) is 14.5 Å². The Balaban J connectivity index is 1.49. The van der Waals surface area contributed by atoms with Crippen molar-refractivity contribution in [3.05, 3.63) is 71.3 Å². The lowest BCUT2D eigenvalue weighted by Gasteiger charge is -2.32. The van der Waals surface area contributed by atoms with Crippen LogP contribution in [0.3, 0.4) is 0 Å². The summed E-state index contributed by atoms with van der Waals surface area (Å²) in [4.78, 5) is 9.41. The van der Waals surface area contributed by atoms with Crippen molar-refractivity contribution in [1.29, 1.82) is 0 Å². The molecule has 6 bridgehead atoms. The summed E-state index contributed by atoms with van der Waals surface area (Å²) in [5.74, 6) is 1.60. The quantitative estimate of drug-likeness (QED) is 0.406. The average Bonchev–Trinajstić information content (AvgIpc) is 3.31. The number of nitrogens with one attached hydrogen (secondary N) is 1. The minimum absolute atomic E-state index is 0.0440. The number of anilines is 1. The molecular weight excluding hydrogens is 492 g/mol. The lowest BCUT2D eigenvalue weighted by atomic mass is 9.96. The molecule has 11 heteroatoms. The number of rotatable bonds is 1. The van der Waals surface area contributed by atoms with Crippen molar-refractivity contribution in [2.24, 2.45) is 0 Å². The van der Waals surface area contributed by atoms with E-state index in [2.05, 4.69) is 15.4 Å². The van der Waals surface area contributed by atoms with Gasteiger partial charge in [-0.2, -0.15) is 13.9 Å². The van der Waals surface area contributed by atoms with E-state index in [1.54, 1.807) is 39.4 Å². The third kappa shape index (κ3) is 4.27. The molecule has 2 atom stereocenters.